The van der Waals surface area contributed by atoms with Crippen molar-refractivity contribution in [2.75, 3.05) is 10.5 Å². The topological polar surface area (TPSA) is 124 Å². The van der Waals surface area contributed by atoms with Crippen LogP contribution in [0.1, 0.15) is 11.6 Å². The first-order chi connectivity index (χ1) is 7.88. The number of nitrogens with one attached hydrogen (secondary N) is 1. The third-order valence-corrected chi connectivity index (χ3v) is 4.68. The lowest BCUT2D eigenvalue weighted by molar-refractivity contribution is 0.534. The monoisotopic (exact) mass is 275 g/mol. The minimum Gasteiger partial charge on any atom is -0.408 e. The second-order valence-electron chi connectivity index (χ2n) is 3.16. The first-order valence-corrected chi connectivity index (χ1v) is 6.74. The van der Waals surface area contributed by atoms with Gasteiger partial charge in [-0.15, -0.1) is 5.10 Å². The molecule has 0 radical (unpaired) electrons. The summed E-state index contributed by atoms with van der Waals surface area (Å²) in [5.41, 5.74) is 5.77. The average molecular weight is 275 g/mol. The number of thiazole rings is 1. The molecule has 0 spiro atoms. The summed E-state index contributed by atoms with van der Waals surface area (Å²) >= 11 is 0.874. The molecule has 10 heteroatoms. The molecule has 0 aliphatic rings. The Balaban J connectivity index is 2.34. The summed E-state index contributed by atoms with van der Waals surface area (Å²) < 4.78 is 31.0. The maximum atomic E-state index is 11.9. The van der Waals surface area contributed by atoms with E-state index in [9.17, 15) is 8.42 Å². The molecular weight excluding hydrogens is 266 g/mol. The molecule has 0 atom stereocenters. The van der Waals surface area contributed by atoms with Crippen LogP contribution in [-0.2, 0) is 10.0 Å². The van der Waals surface area contributed by atoms with Gasteiger partial charge in [-0.1, -0.05) is 16.4 Å². The van der Waals surface area contributed by atoms with Crippen molar-refractivity contribution in [1.29, 1.82) is 0 Å². The summed E-state index contributed by atoms with van der Waals surface area (Å²) in [6.45, 7) is 3.11. The Morgan fingerprint density at radius 3 is 2.53 bits per heavy atom. The van der Waals surface area contributed by atoms with E-state index in [0.717, 1.165) is 11.3 Å². The molecule has 0 saturated heterocycles. The number of aromatic nitrogens is 3. The van der Waals surface area contributed by atoms with Crippen LogP contribution in [0, 0.1) is 13.8 Å². The molecule has 2 aromatic rings. The van der Waals surface area contributed by atoms with Gasteiger partial charge in [0.15, 0.2) is 9.34 Å². The number of hydrogen-bond acceptors (Lipinski definition) is 8. The number of nitrogens with zero attached hydrogens (tertiary/aromatic N) is 3. The van der Waals surface area contributed by atoms with E-state index in [-0.39, 0.29) is 21.2 Å². The summed E-state index contributed by atoms with van der Waals surface area (Å²) in [6.07, 6.45) is 0. The summed E-state index contributed by atoms with van der Waals surface area (Å²) in [7, 11) is -3.78. The van der Waals surface area contributed by atoms with Crippen molar-refractivity contribution in [3.05, 3.63) is 11.6 Å². The minimum absolute atomic E-state index is 0.0332. The molecule has 0 amide bonds. The van der Waals surface area contributed by atoms with E-state index in [1.54, 1.807) is 13.8 Å². The highest BCUT2D eigenvalue weighted by molar-refractivity contribution is 7.94. The van der Waals surface area contributed by atoms with E-state index in [4.69, 9.17) is 10.2 Å². The Hall–Kier alpha value is -1.68. The van der Waals surface area contributed by atoms with Crippen molar-refractivity contribution < 1.29 is 12.8 Å². The molecule has 3 N–H and O–H groups in total. The zero-order valence-corrected chi connectivity index (χ0v) is 10.6. The Morgan fingerprint density at radius 2 is 2.06 bits per heavy atom. The molecule has 0 saturated carbocycles. The molecule has 2 rings (SSSR count). The number of hydrogen-bond donors (Lipinski definition) is 2. The Morgan fingerprint density at radius 1 is 1.35 bits per heavy atom. The fourth-order valence-electron chi connectivity index (χ4n) is 1.15. The van der Waals surface area contributed by atoms with Gasteiger partial charge in [0.1, 0.15) is 0 Å². The highest BCUT2D eigenvalue weighted by Crippen LogP contribution is 2.26. The van der Waals surface area contributed by atoms with Gasteiger partial charge < -0.3 is 10.2 Å². The van der Waals surface area contributed by atoms with Gasteiger partial charge in [-0.05, 0) is 6.92 Å². The number of aryl methyl sites for hydroxylation is 2. The number of anilines is 2. The predicted octanol–water partition coefficient (Wildman–Crippen LogP) is 0.526. The maximum absolute atomic E-state index is 11.9. The zero-order chi connectivity index (χ0) is 12.6. The first-order valence-electron chi connectivity index (χ1n) is 4.44. The second kappa shape index (κ2) is 3.96. The van der Waals surface area contributed by atoms with Crippen molar-refractivity contribution in [2.24, 2.45) is 0 Å². The standard InChI is InChI=1S/C7H9N5O3S2/c1-3-5(16-6(8)9-3)17(13,14)12-7-11-10-4(2)15-7/h1-2H3,(H2,8,9)(H,11,12). The van der Waals surface area contributed by atoms with Crippen LogP contribution in [0.3, 0.4) is 0 Å². The minimum atomic E-state index is -3.78. The molecule has 0 aliphatic carbocycles. The van der Waals surface area contributed by atoms with Crippen LogP contribution in [0.2, 0.25) is 0 Å². The van der Waals surface area contributed by atoms with Crippen molar-refractivity contribution in [2.45, 2.75) is 18.1 Å². The zero-order valence-electron chi connectivity index (χ0n) is 8.96. The first kappa shape index (κ1) is 11.8. The molecule has 2 heterocycles. The lowest BCUT2D eigenvalue weighted by Gasteiger charge is -2.00. The van der Waals surface area contributed by atoms with Gasteiger partial charge in [-0.3, -0.25) is 0 Å². The van der Waals surface area contributed by atoms with Gasteiger partial charge >= 0.3 is 6.01 Å². The largest absolute Gasteiger partial charge is 0.408 e. The molecule has 2 aromatic heterocycles. The van der Waals surface area contributed by atoms with Gasteiger partial charge in [-0.25, -0.2) is 18.1 Å². The third kappa shape index (κ3) is 2.36. The van der Waals surface area contributed by atoms with E-state index in [0.29, 0.717) is 5.69 Å². The molecular formula is C7H9N5O3S2. The van der Waals surface area contributed by atoms with Crippen LogP contribution in [0.15, 0.2) is 8.63 Å². The molecule has 8 nitrogen and oxygen atoms in total. The molecule has 17 heavy (non-hydrogen) atoms. The number of rotatable bonds is 3. The molecule has 0 aliphatic heterocycles. The van der Waals surface area contributed by atoms with E-state index in [1.807, 2.05) is 0 Å². The van der Waals surface area contributed by atoms with Gasteiger partial charge in [0.25, 0.3) is 10.0 Å². The molecule has 92 valence electrons. The van der Waals surface area contributed by atoms with Gasteiger partial charge in [0, 0.05) is 6.92 Å². The normalized spacial score (nSPS) is 11.6. The van der Waals surface area contributed by atoms with Crippen LogP contribution in [0.5, 0.6) is 0 Å². The maximum Gasteiger partial charge on any atom is 0.329 e. The van der Waals surface area contributed by atoms with Crippen LogP contribution in [0.4, 0.5) is 11.1 Å². The van der Waals surface area contributed by atoms with Crippen molar-refractivity contribution in [3.8, 4) is 0 Å². The second-order valence-corrected chi connectivity index (χ2v) is 6.07. The summed E-state index contributed by atoms with van der Waals surface area (Å²) in [6, 6.07) is -0.186. The fourth-order valence-corrected chi connectivity index (χ4v) is 3.38. The van der Waals surface area contributed by atoms with Crippen LogP contribution < -0.4 is 10.5 Å². The Kier molecular flexibility index (Phi) is 2.75. The predicted molar refractivity (Wildman–Crippen MR) is 61.1 cm³/mol. The quantitative estimate of drug-likeness (QED) is 0.836. The van der Waals surface area contributed by atoms with E-state index in [1.165, 1.54) is 0 Å². The highest BCUT2D eigenvalue weighted by atomic mass is 32.2. The molecule has 0 unspecified atom stereocenters. The van der Waals surface area contributed by atoms with Crippen molar-refractivity contribution >= 4 is 32.5 Å². The fraction of sp³-hybridized carbons (Fsp3) is 0.286. The number of nitrogen functional groups attached to an aromatic ring is 1. The average Bonchev–Trinajstić information content (AvgIpc) is 2.72. The van der Waals surface area contributed by atoms with Crippen molar-refractivity contribution in [1.82, 2.24) is 15.2 Å². The molecule has 0 aromatic carbocycles. The molecule has 0 bridgehead atoms. The summed E-state index contributed by atoms with van der Waals surface area (Å²) in [4.78, 5) is 3.83. The van der Waals surface area contributed by atoms with E-state index >= 15 is 0 Å². The lowest BCUT2D eigenvalue weighted by atomic mass is 10.6. The van der Waals surface area contributed by atoms with Gasteiger partial charge in [0.05, 0.1) is 5.69 Å². The Bertz CT molecular complexity index is 644. The molecule has 0 fully saturated rings. The SMILES string of the molecule is Cc1nnc(NS(=O)(=O)c2sc(N)nc2C)o1. The number of sulfonamides is 1. The van der Waals surface area contributed by atoms with Gasteiger partial charge in [-0.2, -0.15) is 0 Å². The highest BCUT2D eigenvalue weighted by Gasteiger charge is 2.23. The van der Waals surface area contributed by atoms with Crippen LogP contribution in [-0.4, -0.2) is 23.6 Å². The van der Waals surface area contributed by atoms with Gasteiger partial charge in [0.2, 0.25) is 5.89 Å². The third-order valence-electron chi connectivity index (χ3n) is 1.76. The smallest absolute Gasteiger partial charge is 0.329 e. The van der Waals surface area contributed by atoms with Crippen LogP contribution in [0.25, 0.3) is 0 Å². The number of nitrogens with two attached hydrogens (primary N) is 1. The Labute approximate surface area is 101 Å². The summed E-state index contributed by atoms with van der Waals surface area (Å²) in [5.74, 6) is 0.267. The lowest BCUT2D eigenvalue weighted by Crippen LogP contribution is -2.12. The summed E-state index contributed by atoms with van der Waals surface area (Å²) in [5, 5.41) is 7.24. The van der Waals surface area contributed by atoms with E-state index in [2.05, 4.69) is 19.9 Å². The van der Waals surface area contributed by atoms with Crippen LogP contribution >= 0.6 is 11.3 Å². The van der Waals surface area contributed by atoms with Crippen molar-refractivity contribution in [3.63, 3.8) is 0 Å². The van der Waals surface area contributed by atoms with E-state index < -0.39 is 10.0 Å².